The molecule has 0 radical (unpaired) electrons. The summed E-state index contributed by atoms with van der Waals surface area (Å²) in [5.74, 6) is 1.72. The van der Waals surface area contributed by atoms with Gasteiger partial charge in [-0.25, -0.2) is 15.0 Å². The average molecular weight is 540 g/mol. The van der Waals surface area contributed by atoms with Gasteiger partial charge >= 0.3 is 0 Å². The first-order chi connectivity index (χ1) is 17.9. The van der Waals surface area contributed by atoms with Crippen molar-refractivity contribution >= 4 is 40.6 Å². The maximum absolute atomic E-state index is 6.59. The Hall–Kier alpha value is -2.94. The molecule has 1 saturated heterocycles. The fourth-order valence-corrected chi connectivity index (χ4v) is 6.21. The molecular formula is C27H32Cl2N8. The minimum absolute atomic E-state index is 0.478. The van der Waals surface area contributed by atoms with Crippen LogP contribution >= 0.6 is 23.2 Å². The molecule has 2 N–H and O–H groups in total. The zero-order chi connectivity index (χ0) is 26.0. The zero-order valence-corrected chi connectivity index (χ0v) is 22.9. The summed E-state index contributed by atoms with van der Waals surface area (Å²) in [6.07, 6.45) is 7.55. The number of hydrogen-bond acceptors (Lipinski definition) is 7. The van der Waals surface area contributed by atoms with Gasteiger partial charge in [0.1, 0.15) is 5.82 Å². The molecule has 5 rings (SSSR count). The van der Waals surface area contributed by atoms with Crippen LogP contribution in [0.25, 0.3) is 5.65 Å². The number of fused-ring (bicyclic) bond motifs is 1. The van der Waals surface area contributed by atoms with Crippen LogP contribution in [0.5, 0.6) is 0 Å². The number of rotatable bonds is 8. The van der Waals surface area contributed by atoms with Crippen LogP contribution in [0.1, 0.15) is 43.5 Å². The maximum atomic E-state index is 6.59. The van der Waals surface area contributed by atoms with E-state index in [2.05, 4.69) is 39.3 Å². The van der Waals surface area contributed by atoms with Crippen molar-refractivity contribution in [3.05, 3.63) is 75.8 Å². The number of aryl methyl sites for hydroxylation is 1. The van der Waals surface area contributed by atoms with Crippen LogP contribution in [0.3, 0.4) is 0 Å². The normalized spacial score (nSPS) is 14.9. The molecule has 0 bridgehead atoms. The number of hydrogen-bond donors (Lipinski definition) is 2. The fraction of sp³-hybridized carbons (Fsp3) is 0.407. The van der Waals surface area contributed by atoms with Gasteiger partial charge in [0.25, 0.3) is 0 Å². The van der Waals surface area contributed by atoms with Crippen molar-refractivity contribution in [1.29, 1.82) is 0 Å². The Kier molecular flexibility index (Phi) is 7.51. The van der Waals surface area contributed by atoms with Crippen molar-refractivity contribution in [2.24, 2.45) is 0 Å². The van der Waals surface area contributed by atoms with Gasteiger partial charge in [-0.15, -0.1) is 0 Å². The van der Waals surface area contributed by atoms with Crippen molar-refractivity contribution in [1.82, 2.24) is 29.9 Å². The highest BCUT2D eigenvalue weighted by Crippen LogP contribution is 2.42. The van der Waals surface area contributed by atoms with Crippen LogP contribution in [-0.2, 0) is 5.41 Å². The summed E-state index contributed by atoms with van der Waals surface area (Å²) in [6.45, 7) is 9.78. The van der Waals surface area contributed by atoms with E-state index in [1.807, 2.05) is 48.0 Å². The van der Waals surface area contributed by atoms with Gasteiger partial charge in [-0.3, -0.25) is 0 Å². The van der Waals surface area contributed by atoms with Crippen molar-refractivity contribution in [3.8, 4) is 0 Å². The lowest BCUT2D eigenvalue weighted by atomic mass is 9.78. The summed E-state index contributed by atoms with van der Waals surface area (Å²) in [4.78, 5) is 15.7. The molecule has 1 aromatic carbocycles. The zero-order valence-electron chi connectivity index (χ0n) is 21.4. The Morgan fingerprint density at radius 1 is 0.919 bits per heavy atom. The van der Waals surface area contributed by atoms with E-state index >= 15 is 0 Å². The first-order valence-corrected chi connectivity index (χ1v) is 13.4. The van der Waals surface area contributed by atoms with Crippen LogP contribution in [0.4, 0.5) is 11.8 Å². The third kappa shape index (κ3) is 5.23. The molecule has 8 nitrogen and oxygen atoms in total. The van der Waals surface area contributed by atoms with Gasteiger partial charge < -0.3 is 15.5 Å². The largest absolute Gasteiger partial charge is 0.369 e. The fourth-order valence-electron chi connectivity index (χ4n) is 5.34. The standard InChI is InChI=1S/C27H32Cl2N8/c1-18-23(27(2,3)24-20(28)6-4-7-21(24)29)25-32-13-8-22(37(25)35-18)31-15-14-30-19-9-16-36(17-10-19)26-33-11-5-12-34-26/h4-8,11-13,19,30-31H,9-10,14-17H2,1-3H3. The van der Waals surface area contributed by atoms with E-state index in [9.17, 15) is 0 Å². The predicted octanol–water partition coefficient (Wildman–Crippen LogP) is 5.13. The summed E-state index contributed by atoms with van der Waals surface area (Å²) < 4.78 is 1.88. The van der Waals surface area contributed by atoms with Crippen LogP contribution in [0.2, 0.25) is 10.0 Å². The van der Waals surface area contributed by atoms with Gasteiger partial charge in [-0.05, 0) is 49.6 Å². The monoisotopic (exact) mass is 538 g/mol. The molecule has 194 valence electrons. The molecule has 0 spiro atoms. The minimum atomic E-state index is -0.478. The quantitative estimate of drug-likeness (QED) is 0.301. The van der Waals surface area contributed by atoms with Gasteiger partial charge in [-0.1, -0.05) is 43.1 Å². The smallest absolute Gasteiger partial charge is 0.225 e. The predicted molar refractivity (Wildman–Crippen MR) is 150 cm³/mol. The van der Waals surface area contributed by atoms with Gasteiger partial charge in [0.05, 0.1) is 5.69 Å². The number of piperidine rings is 1. The van der Waals surface area contributed by atoms with E-state index in [0.717, 1.165) is 73.3 Å². The molecular weight excluding hydrogens is 507 g/mol. The van der Waals surface area contributed by atoms with Crippen molar-refractivity contribution in [2.75, 3.05) is 36.4 Å². The minimum Gasteiger partial charge on any atom is -0.369 e. The van der Waals surface area contributed by atoms with Crippen LogP contribution in [0, 0.1) is 6.92 Å². The average Bonchev–Trinajstić information content (AvgIpc) is 3.24. The van der Waals surface area contributed by atoms with Crippen LogP contribution in [0.15, 0.2) is 48.9 Å². The van der Waals surface area contributed by atoms with Crippen LogP contribution in [-0.4, -0.2) is 56.8 Å². The second-order valence-electron chi connectivity index (χ2n) is 9.94. The second kappa shape index (κ2) is 10.8. The number of halogens is 2. The van der Waals surface area contributed by atoms with Gasteiger partial charge in [0.2, 0.25) is 5.95 Å². The lowest BCUT2D eigenvalue weighted by Crippen LogP contribution is -2.44. The molecule has 0 unspecified atom stereocenters. The van der Waals surface area contributed by atoms with Crippen molar-refractivity contribution < 1.29 is 0 Å². The molecule has 0 saturated carbocycles. The number of aromatic nitrogens is 5. The lowest BCUT2D eigenvalue weighted by Gasteiger charge is -2.32. The van der Waals surface area contributed by atoms with E-state index in [-0.39, 0.29) is 0 Å². The Bertz CT molecular complexity index is 1340. The molecule has 1 aliphatic rings. The molecule has 0 atom stereocenters. The summed E-state index contributed by atoms with van der Waals surface area (Å²) in [7, 11) is 0. The molecule has 37 heavy (non-hydrogen) atoms. The van der Waals surface area contributed by atoms with Gasteiger partial charge in [-0.2, -0.15) is 9.61 Å². The Morgan fingerprint density at radius 2 is 1.62 bits per heavy atom. The topological polar surface area (TPSA) is 83.3 Å². The SMILES string of the molecule is Cc1nn2c(NCCNC3CCN(c4ncccn4)CC3)ccnc2c1C(C)(C)c1c(Cl)cccc1Cl. The molecule has 1 aliphatic heterocycles. The van der Waals surface area contributed by atoms with Crippen LogP contribution < -0.4 is 15.5 Å². The Balaban J connectivity index is 1.24. The van der Waals surface area contributed by atoms with Gasteiger partial charge in [0.15, 0.2) is 5.65 Å². The third-order valence-electron chi connectivity index (χ3n) is 7.10. The second-order valence-corrected chi connectivity index (χ2v) is 10.8. The van der Waals surface area contributed by atoms with E-state index in [0.29, 0.717) is 16.1 Å². The molecule has 3 aromatic heterocycles. The number of benzene rings is 1. The summed E-state index contributed by atoms with van der Waals surface area (Å²) >= 11 is 13.2. The first kappa shape index (κ1) is 25.7. The van der Waals surface area contributed by atoms with E-state index in [1.54, 1.807) is 12.4 Å². The van der Waals surface area contributed by atoms with Crippen molar-refractivity contribution in [3.63, 3.8) is 0 Å². The number of nitrogens with one attached hydrogen (secondary N) is 2. The summed E-state index contributed by atoms with van der Waals surface area (Å²) in [6, 6.07) is 9.90. The Labute approximate surface area is 227 Å². The summed E-state index contributed by atoms with van der Waals surface area (Å²) in [5, 5.41) is 13.3. The van der Waals surface area contributed by atoms with Gasteiger partial charge in [0, 0.05) is 71.8 Å². The third-order valence-corrected chi connectivity index (χ3v) is 7.73. The molecule has 1 fully saturated rings. The van der Waals surface area contributed by atoms with E-state index in [4.69, 9.17) is 33.3 Å². The maximum Gasteiger partial charge on any atom is 0.225 e. The molecule has 4 aromatic rings. The lowest BCUT2D eigenvalue weighted by molar-refractivity contribution is 0.418. The highest BCUT2D eigenvalue weighted by atomic mass is 35.5. The molecule has 0 aliphatic carbocycles. The van der Waals surface area contributed by atoms with E-state index < -0.39 is 5.41 Å². The number of anilines is 2. The number of nitrogens with zero attached hydrogens (tertiary/aromatic N) is 6. The highest BCUT2D eigenvalue weighted by Gasteiger charge is 2.34. The molecule has 10 heteroatoms. The van der Waals surface area contributed by atoms with E-state index in [1.165, 1.54) is 0 Å². The van der Waals surface area contributed by atoms with Crippen molar-refractivity contribution in [2.45, 2.75) is 45.1 Å². The first-order valence-electron chi connectivity index (χ1n) is 12.6. The molecule has 4 heterocycles. The summed E-state index contributed by atoms with van der Waals surface area (Å²) in [5.41, 5.74) is 3.11. The Morgan fingerprint density at radius 3 is 2.32 bits per heavy atom. The molecule has 0 amide bonds. The highest BCUT2D eigenvalue weighted by molar-refractivity contribution is 6.36.